The third-order valence-electron chi connectivity index (χ3n) is 2.94. The molecule has 0 radical (unpaired) electrons. The number of carbonyl (C=O) groups is 1. The molecule has 0 aliphatic rings. The Kier molecular flexibility index (Phi) is 4.77. The molecule has 0 aliphatic carbocycles. The van der Waals surface area contributed by atoms with Crippen molar-refractivity contribution in [3.8, 4) is 11.5 Å². The minimum absolute atomic E-state index is 0.0902. The van der Waals surface area contributed by atoms with Crippen LogP contribution in [0.4, 0.5) is 10.1 Å². The number of ether oxygens (including phenoxy) is 2. The molecule has 2 aromatic rings. The summed E-state index contributed by atoms with van der Waals surface area (Å²) >= 11 is 0. The molecule has 110 valence electrons. The maximum atomic E-state index is 13.1. The fraction of sp³-hybridized carbons (Fsp3) is 0.188. The van der Waals surface area contributed by atoms with Gasteiger partial charge in [0.05, 0.1) is 26.3 Å². The number of halogens is 1. The Balaban J connectivity index is 2.09. The average Bonchev–Trinajstić information content (AvgIpc) is 2.47. The summed E-state index contributed by atoms with van der Waals surface area (Å²) in [5.74, 6) is 0.531. The topological polar surface area (TPSA) is 47.6 Å². The predicted molar refractivity (Wildman–Crippen MR) is 78.3 cm³/mol. The summed E-state index contributed by atoms with van der Waals surface area (Å²) in [6.45, 7) is 0. The van der Waals surface area contributed by atoms with Crippen molar-refractivity contribution in [2.45, 2.75) is 6.42 Å². The van der Waals surface area contributed by atoms with Crippen LogP contribution in [0, 0.1) is 5.82 Å². The molecular weight excluding hydrogens is 273 g/mol. The fourth-order valence-electron chi connectivity index (χ4n) is 1.93. The molecule has 0 atom stereocenters. The highest BCUT2D eigenvalue weighted by Gasteiger charge is 2.10. The lowest BCUT2D eigenvalue weighted by molar-refractivity contribution is -0.115. The van der Waals surface area contributed by atoms with E-state index in [1.165, 1.54) is 19.2 Å². The molecular formula is C16H16FNO3. The van der Waals surface area contributed by atoms with Gasteiger partial charge in [0.1, 0.15) is 17.3 Å². The Labute approximate surface area is 122 Å². The van der Waals surface area contributed by atoms with E-state index in [4.69, 9.17) is 9.47 Å². The SMILES string of the molecule is COc1ccc(NC(=O)Cc2cccc(F)c2)c(OC)c1. The van der Waals surface area contributed by atoms with Gasteiger partial charge >= 0.3 is 0 Å². The van der Waals surface area contributed by atoms with Crippen molar-refractivity contribution < 1.29 is 18.7 Å². The number of benzene rings is 2. The molecule has 21 heavy (non-hydrogen) atoms. The molecule has 1 N–H and O–H groups in total. The van der Waals surface area contributed by atoms with Crippen molar-refractivity contribution in [1.29, 1.82) is 0 Å². The lowest BCUT2D eigenvalue weighted by atomic mass is 10.1. The zero-order chi connectivity index (χ0) is 15.2. The highest BCUT2D eigenvalue weighted by atomic mass is 19.1. The third-order valence-corrected chi connectivity index (χ3v) is 2.94. The van der Waals surface area contributed by atoms with E-state index in [1.807, 2.05) is 0 Å². The van der Waals surface area contributed by atoms with Crippen molar-refractivity contribution >= 4 is 11.6 Å². The minimum atomic E-state index is -0.359. The van der Waals surface area contributed by atoms with Crippen molar-refractivity contribution in [3.63, 3.8) is 0 Å². The Morgan fingerprint density at radius 3 is 2.62 bits per heavy atom. The number of hydrogen-bond acceptors (Lipinski definition) is 3. The maximum Gasteiger partial charge on any atom is 0.228 e. The van der Waals surface area contributed by atoms with Gasteiger partial charge < -0.3 is 14.8 Å². The molecule has 2 aromatic carbocycles. The van der Waals surface area contributed by atoms with Gasteiger partial charge in [0, 0.05) is 6.07 Å². The summed E-state index contributed by atoms with van der Waals surface area (Å²) in [7, 11) is 3.06. The van der Waals surface area contributed by atoms with Crippen LogP contribution in [-0.4, -0.2) is 20.1 Å². The monoisotopic (exact) mass is 289 g/mol. The van der Waals surface area contributed by atoms with Crippen molar-refractivity contribution in [1.82, 2.24) is 0 Å². The second-order valence-electron chi connectivity index (χ2n) is 4.42. The number of hydrogen-bond donors (Lipinski definition) is 1. The second kappa shape index (κ2) is 6.74. The Hall–Kier alpha value is -2.56. The van der Waals surface area contributed by atoms with E-state index >= 15 is 0 Å². The maximum absolute atomic E-state index is 13.1. The first kappa shape index (κ1) is 14.8. The molecule has 0 saturated carbocycles. The van der Waals surface area contributed by atoms with Gasteiger partial charge in [-0.25, -0.2) is 4.39 Å². The quantitative estimate of drug-likeness (QED) is 0.920. The van der Waals surface area contributed by atoms with Gasteiger partial charge in [0.15, 0.2) is 0 Å². The van der Waals surface area contributed by atoms with E-state index in [-0.39, 0.29) is 18.1 Å². The second-order valence-corrected chi connectivity index (χ2v) is 4.42. The van der Waals surface area contributed by atoms with Crippen LogP contribution in [0.15, 0.2) is 42.5 Å². The van der Waals surface area contributed by atoms with Gasteiger partial charge in [0.25, 0.3) is 0 Å². The van der Waals surface area contributed by atoms with E-state index in [9.17, 15) is 9.18 Å². The molecule has 0 fully saturated rings. The van der Waals surface area contributed by atoms with Gasteiger partial charge in [-0.1, -0.05) is 12.1 Å². The van der Waals surface area contributed by atoms with Crippen LogP contribution in [0.2, 0.25) is 0 Å². The van der Waals surface area contributed by atoms with E-state index in [0.717, 1.165) is 0 Å². The predicted octanol–water partition coefficient (Wildman–Crippen LogP) is 3.02. The molecule has 0 heterocycles. The van der Waals surface area contributed by atoms with Crippen LogP contribution < -0.4 is 14.8 Å². The van der Waals surface area contributed by atoms with E-state index in [1.54, 1.807) is 37.4 Å². The zero-order valence-electron chi connectivity index (χ0n) is 11.9. The van der Waals surface area contributed by atoms with Crippen molar-refractivity contribution in [2.75, 3.05) is 19.5 Å². The van der Waals surface area contributed by atoms with Gasteiger partial charge in [-0.15, -0.1) is 0 Å². The van der Waals surface area contributed by atoms with E-state index in [2.05, 4.69) is 5.32 Å². The van der Waals surface area contributed by atoms with Gasteiger partial charge in [-0.3, -0.25) is 4.79 Å². The molecule has 5 heteroatoms. The Bertz CT molecular complexity index is 643. The highest BCUT2D eigenvalue weighted by Crippen LogP contribution is 2.29. The number of anilines is 1. The Morgan fingerprint density at radius 1 is 1.14 bits per heavy atom. The van der Waals surface area contributed by atoms with Crippen LogP contribution in [-0.2, 0) is 11.2 Å². The fourth-order valence-corrected chi connectivity index (χ4v) is 1.93. The number of methoxy groups -OCH3 is 2. The zero-order valence-corrected chi connectivity index (χ0v) is 11.9. The number of rotatable bonds is 5. The molecule has 2 rings (SSSR count). The summed E-state index contributed by atoms with van der Waals surface area (Å²) < 4.78 is 23.4. The van der Waals surface area contributed by atoms with Crippen molar-refractivity contribution in [2.24, 2.45) is 0 Å². The molecule has 1 amide bonds. The smallest absolute Gasteiger partial charge is 0.228 e. The summed E-state index contributed by atoms with van der Waals surface area (Å²) in [6.07, 6.45) is 0.0902. The number of carbonyl (C=O) groups excluding carboxylic acids is 1. The lowest BCUT2D eigenvalue weighted by Crippen LogP contribution is -2.15. The van der Waals surface area contributed by atoms with E-state index < -0.39 is 0 Å². The Morgan fingerprint density at radius 2 is 1.95 bits per heavy atom. The van der Waals surface area contributed by atoms with E-state index in [0.29, 0.717) is 22.7 Å². The first-order chi connectivity index (χ1) is 10.1. The molecule has 0 spiro atoms. The van der Waals surface area contributed by atoms with Gasteiger partial charge in [0.2, 0.25) is 5.91 Å². The first-order valence-corrected chi connectivity index (χ1v) is 6.38. The molecule has 0 aromatic heterocycles. The lowest BCUT2D eigenvalue weighted by Gasteiger charge is -2.11. The normalized spacial score (nSPS) is 10.0. The van der Waals surface area contributed by atoms with Gasteiger partial charge in [-0.2, -0.15) is 0 Å². The number of amides is 1. The molecule has 0 saturated heterocycles. The summed E-state index contributed by atoms with van der Waals surface area (Å²) in [6, 6.07) is 11.1. The van der Waals surface area contributed by atoms with Crippen LogP contribution in [0.5, 0.6) is 11.5 Å². The molecule has 4 nitrogen and oxygen atoms in total. The third kappa shape index (κ3) is 3.95. The molecule has 0 unspecified atom stereocenters. The average molecular weight is 289 g/mol. The number of nitrogens with one attached hydrogen (secondary N) is 1. The first-order valence-electron chi connectivity index (χ1n) is 6.38. The van der Waals surface area contributed by atoms with Crippen LogP contribution >= 0.6 is 0 Å². The van der Waals surface area contributed by atoms with Crippen LogP contribution in [0.1, 0.15) is 5.56 Å². The van der Waals surface area contributed by atoms with Crippen molar-refractivity contribution in [3.05, 3.63) is 53.8 Å². The standard InChI is InChI=1S/C16H16FNO3/c1-20-13-6-7-14(15(10-13)21-2)18-16(19)9-11-4-3-5-12(17)8-11/h3-8,10H,9H2,1-2H3,(H,18,19). The highest BCUT2D eigenvalue weighted by molar-refractivity contribution is 5.93. The molecule has 0 aliphatic heterocycles. The van der Waals surface area contributed by atoms with Crippen LogP contribution in [0.25, 0.3) is 0 Å². The summed E-state index contributed by atoms with van der Waals surface area (Å²) in [4.78, 5) is 12.0. The van der Waals surface area contributed by atoms with Gasteiger partial charge in [-0.05, 0) is 29.8 Å². The largest absolute Gasteiger partial charge is 0.497 e. The molecule has 0 bridgehead atoms. The van der Waals surface area contributed by atoms with Crippen LogP contribution in [0.3, 0.4) is 0 Å². The summed E-state index contributed by atoms with van der Waals surface area (Å²) in [5.41, 5.74) is 1.15. The summed E-state index contributed by atoms with van der Waals surface area (Å²) in [5, 5.41) is 2.74. The minimum Gasteiger partial charge on any atom is -0.497 e.